The SMILES string of the molecule is Cc1cc(Cl)cc(Cl)c1S(=O)(=O)Nc1ccnc(C2CC2)n1. The predicted molar refractivity (Wildman–Crippen MR) is 86.0 cm³/mol. The van der Waals surface area contributed by atoms with Crippen LogP contribution >= 0.6 is 23.2 Å². The molecule has 22 heavy (non-hydrogen) atoms. The van der Waals surface area contributed by atoms with Crippen LogP contribution in [0, 0.1) is 6.92 Å². The molecule has 116 valence electrons. The number of halogens is 2. The fraction of sp³-hybridized carbons (Fsp3) is 0.286. The molecule has 1 fully saturated rings. The van der Waals surface area contributed by atoms with E-state index in [1.165, 1.54) is 12.1 Å². The Morgan fingerprint density at radius 3 is 2.64 bits per heavy atom. The summed E-state index contributed by atoms with van der Waals surface area (Å²) < 4.78 is 27.6. The highest BCUT2D eigenvalue weighted by atomic mass is 35.5. The van der Waals surface area contributed by atoms with Crippen molar-refractivity contribution >= 4 is 39.0 Å². The minimum atomic E-state index is -3.84. The zero-order valence-electron chi connectivity index (χ0n) is 11.7. The standard InChI is InChI=1S/C14H13Cl2N3O2S/c1-8-6-10(15)7-11(16)13(8)22(20,21)19-12-4-5-17-14(18-12)9-2-3-9/h4-7,9H,2-3H2,1H3,(H,17,18,19). The van der Waals surface area contributed by atoms with E-state index in [2.05, 4.69) is 14.7 Å². The van der Waals surface area contributed by atoms with Gasteiger partial charge < -0.3 is 0 Å². The lowest BCUT2D eigenvalue weighted by molar-refractivity contribution is 0.600. The molecule has 8 heteroatoms. The summed E-state index contributed by atoms with van der Waals surface area (Å²) in [6.07, 6.45) is 3.63. The second-order valence-corrected chi connectivity index (χ2v) is 7.68. The first-order chi connectivity index (χ1) is 10.4. The fourth-order valence-electron chi connectivity index (χ4n) is 2.19. The third-order valence-corrected chi connectivity index (χ3v) is 5.50. The molecule has 1 N–H and O–H groups in total. The number of sulfonamides is 1. The minimum Gasteiger partial charge on any atom is -0.263 e. The third-order valence-electron chi connectivity index (χ3n) is 3.32. The van der Waals surface area contributed by atoms with E-state index >= 15 is 0 Å². The van der Waals surface area contributed by atoms with Crippen molar-refractivity contribution in [3.8, 4) is 0 Å². The Morgan fingerprint density at radius 1 is 1.27 bits per heavy atom. The lowest BCUT2D eigenvalue weighted by Gasteiger charge is -2.12. The number of hydrogen-bond donors (Lipinski definition) is 1. The molecule has 1 aliphatic rings. The lowest BCUT2D eigenvalue weighted by atomic mass is 10.2. The smallest absolute Gasteiger partial charge is 0.263 e. The number of rotatable bonds is 4. The molecule has 0 radical (unpaired) electrons. The van der Waals surface area contributed by atoms with E-state index in [1.54, 1.807) is 19.2 Å². The number of aryl methyl sites for hydroxylation is 1. The number of anilines is 1. The first kappa shape index (κ1) is 15.5. The van der Waals surface area contributed by atoms with E-state index < -0.39 is 10.0 Å². The van der Waals surface area contributed by atoms with Crippen LogP contribution in [-0.2, 0) is 10.0 Å². The van der Waals surface area contributed by atoms with Crippen molar-refractivity contribution in [2.75, 3.05) is 4.72 Å². The van der Waals surface area contributed by atoms with Gasteiger partial charge in [0, 0.05) is 17.1 Å². The van der Waals surface area contributed by atoms with E-state index in [4.69, 9.17) is 23.2 Å². The Kier molecular flexibility index (Phi) is 4.01. The summed E-state index contributed by atoms with van der Waals surface area (Å²) in [4.78, 5) is 8.42. The Balaban J connectivity index is 1.95. The first-order valence-electron chi connectivity index (χ1n) is 6.68. The first-order valence-corrected chi connectivity index (χ1v) is 8.92. The van der Waals surface area contributed by atoms with Crippen LogP contribution in [0.4, 0.5) is 5.82 Å². The number of benzene rings is 1. The van der Waals surface area contributed by atoms with Gasteiger partial charge in [0.05, 0.1) is 5.02 Å². The summed E-state index contributed by atoms with van der Waals surface area (Å²) in [5.41, 5.74) is 0.474. The number of nitrogens with one attached hydrogen (secondary N) is 1. The van der Waals surface area contributed by atoms with Crippen LogP contribution in [0.5, 0.6) is 0 Å². The van der Waals surface area contributed by atoms with Crippen molar-refractivity contribution in [1.29, 1.82) is 0 Å². The van der Waals surface area contributed by atoms with E-state index in [1.807, 2.05) is 0 Å². The van der Waals surface area contributed by atoms with Gasteiger partial charge in [0.15, 0.2) is 0 Å². The van der Waals surface area contributed by atoms with E-state index in [0.717, 1.165) is 12.8 Å². The van der Waals surface area contributed by atoms with Gasteiger partial charge in [-0.1, -0.05) is 23.2 Å². The van der Waals surface area contributed by atoms with Gasteiger partial charge in [-0.15, -0.1) is 0 Å². The average molecular weight is 358 g/mol. The van der Waals surface area contributed by atoms with Gasteiger partial charge in [-0.05, 0) is 43.5 Å². The van der Waals surface area contributed by atoms with Crippen molar-refractivity contribution in [2.45, 2.75) is 30.6 Å². The minimum absolute atomic E-state index is 0.00477. The molecule has 0 atom stereocenters. The molecule has 1 saturated carbocycles. The van der Waals surface area contributed by atoms with Gasteiger partial charge in [-0.2, -0.15) is 0 Å². The van der Waals surface area contributed by atoms with Crippen LogP contribution in [0.15, 0.2) is 29.3 Å². The summed E-state index contributed by atoms with van der Waals surface area (Å²) in [6.45, 7) is 1.64. The van der Waals surface area contributed by atoms with Crippen molar-refractivity contribution in [2.24, 2.45) is 0 Å². The normalized spacial score (nSPS) is 14.9. The van der Waals surface area contributed by atoms with Crippen LogP contribution in [0.3, 0.4) is 0 Å². The maximum absolute atomic E-state index is 12.6. The molecule has 1 heterocycles. The molecule has 0 bridgehead atoms. The van der Waals surface area contributed by atoms with Crippen molar-refractivity contribution in [3.05, 3.63) is 45.8 Å². The van der Waals surface area contributed by atoms with Gasteiger partial charge in [-0.3, -0.25) is 4.72 Å². The van der Waals surface area contributed by atoms with Gasteiger partial charge in [0.25, 0.3) is 10.0 Å². The fourth-order valence-corrected chi connectivity index (χ4v) is 4.38. The van der Waals surface area contributed by atoms with E-state index in [0.29, 0.717) is 22.3 Å². The van der Waals surface area contributed by atoms with Crippen molar-refractivity contribution in [3.63, 3.8) is 0 Å². The third kappa shape index (κ3) is 3.19. The van der Waals surface area contributed by atoms with Crippen LogP contribution in [0.1, 0.15) is 30.1 Å². The lowest BCUT2D eigenvalue weighted by Crippen LogP contribution is -2.16. The number of hydrogen-bond acceptors (Lipinski definition) is 4. The van der Waals surface area contributed by atoms with Crippen LogP contribution < -0.4 is 4.72 Å². The maximum Gasteiger partial charge on any atom is 0.264 e. The van der Waals surface area contributed by atoms with Gasteiger partial charge in [-0.25, -0.2) is 18.4 Å². The monoisotopic (exact) mass is 357 g/mol. The van der Waals surface area contributed by atoms with Crippen LogP contribution in [0.2, 0.25) is 10.0 Å². The summed E-state index contributed by atoms with van der Waals surface area (Å²) >= 11 is 11.9. The molecule has 3 rings (SSSR count). The van der Waals surface area contributed by atoms with E-state index in [-0.39, 0.29) is 15.7 Å². The van der Waals surface area contributed by atoms with Crippen molar-refractivity contribution in [1.82, 2.24) is 9.97 Å². The Labute approximate surface area is 138 Å². The highest BCUT2D eigenvalue weighted by Crippen LogP contribution is 2.38. The molecule has 1 aliphatic carbocycles. The van der Waals surface area contributed by atoms with Gasteiger partial charge >= 0.3 is 0 Å². The Bertz CT molecular complexity index is 813. The molecule has 0 saturated heterocycles. The number of nitrogens with zero attached hydrogens (tertiary/aromatic N) is 2. The average Bonchev–Trinajstić information content (AvgIpc) is 3.20. The number of aromatic nitrogens is 2. The highest BCUT2D eigenvalue weighted by molar-refractivity contribution is 7.92. The van der Waals surface area contributed by atoms with Gasteiger partial charge in [0.1, 0.15) is 16.5 Å². The second kappa shape index (κ2) is 5.68. The molecular formula is C14H13Cl2N3O2S. The summed E-state index contributed by atoms with van der Waals surface area (Å²) in [5.74, 6) is 1.24. The Morgan fingerprint density at radius 2 is 2.00 bits per heavy atom. The summed E-state index contributed by atoms with van der Waals surface area (Å²) in [7, 11) is -3.84. The molecule has 0 unspecified atom stereocenters. The molecule has 1 aromatic heterocycles. The molecule has 0 aliphatic heterocycles. The largest absolute Gasteiger partial charge is 0.264 e. The Hall–Kier alpha value is -1.37. The highest BCUT2D eigenvalue weighted by Gasteiger charge is 2.27. The van der Waals surface area contributed by atoms with Gasteiger partial charge in [0.2, 0.25) is 0 Å². The molecule has 1 aromatic carbocycles. The summed E-state index contributed by atoms with van der Waals surface area (Å²) in [5, 5.41) is 0.466. The molecule has 0 spiro atoms. The quantitative estimate of drug-likeness (QED) is 0.903. The zero-order valence-corrected chi connectivity index (χ0v) is 14.0. The molecule has 2 aromatic rings. The van der Waals surface area contributed by atoms with Crippen LogP contribution in [-0.4, -0.2) is 18.4 Å². The summed E-state index contributed by atoms with van der Waals surface area (Å²) in [6, 6.07) is 4.47. The van der Waals surface area contributed by atoms with Crippen LogP contribution in [0.25, 0.3) is 0 Å². The molecule has 0 amide bonds. The zero-order chi connectivity index (χ0) is 15.9. The molecule has 5 nitrogen and oxygen atoms in total. The topological polar surface area (TPSA) is 72.0 Å². The maximum atomic E-state index is 12.6. The van der Waals surface area contributed by atoms with Crippen molar-refractivity contribution < 1.29 is 8.42 Å². The predicted octanol–water partition coefficient (Wildman–Crippen LogP) is 3.77. The molecular weight excluding hydrogens is 345 g/mol. The second-order valence-electron chi connectivity index (χ2n) is 5.21. The van der Waals surface area contributed by atoms with E-state index in [9.17, 15) is 8.42 Å².